The molecule has 2 aliphatic heterocycles. The van der Waals surface area contributed by atoms with Gasteiger partial charge in [-0.1, -0.05) is 19.1 Å². The molecular weight excluding hydrogens is 238 g/mol. The maximum absolute atomic E-state index is 5.95. The zero-order valence-electron chi connectivity index (χ0n) is 11.9. The summed E-state index contributed by atoms with van der Waals surface area (Å²) >= 11 is 0. The second-order valence-electron chi connectivity index (χ2n) is 6.48. The molecule has 0 amide bonds. The Morgan fingerprint density at radius 1 is 1.32 bits per heavy atom. The van der Waals surface area contributed by atoms with Crippen molar-refractivity contribution in [2.24, 2.45) is 5.41 Å². The van der Waals surface area contributed by atoms with Gasteiger partial charge in [0.15, 0.2) is 0 Å². The molecule has 3 nitrogen and oxygen atoms in total. The van der Waals surface area contributed by atoms with Crippen molar-refractivity contribution in [2.75, 3.05) is 26.4 Å². The number of nitrogens with one attached hydrogen (secondary N) is 1. The predicted octanol–water partition coefficient (Wildman–Crippen LogP) is 2.70. The highest BCUT2D eigenvalue weighted by atomic mass is 16.5. The van der Waals surface area contributed by atoms with Crippen LogP contribution in [0.5, 0.6) is 5.75 Å². The first-order valence-corrected chi connectivity index (χ1v) is 7.16. The van der Waals surface area contributed by atoms with Crippen molar-refractivity contribution in [3.8, 4) is 5.75 Å². The van der Waals surface area contributed by atoms with E-state index in [1.165, 1.54) is 18.4 Å². The fraction of sp³-hybridized carbons (Fsp3) is 0.625. The molecule has 104 valence electrons. The number of hydrogen-bond acceptors (Lipinski definition) is 3. The first-order valence-electron chi connectivity index (χ1n) is 7.16. The molecule has 0 spiro atoms. The fourth-order valence-corrected chi connectivity index (χ4v) is 2.86. The molecule has 2 heterocycles. The molecule has 3 heteroatoms. The highest BCUT2D eigenvalue weighted by Gasteiger charge is 2.34. The molecule has 2 fully saturated rings. The van der Waals surface area contributed by atoms with Gasteiger partial charge in [-0.05, 0) is 44.0 Å². The molecule has 1 unspecified atom stereocenters. The van der Waals surface area contributed by atoms with E-state index in [1.807, 2.05) is 6.07 Å². The van der Waals surface area contributed by atoms with E-state index in [9.17, 15) is 0 Å². The van der Waals surface area contributed by atoms with Crippen molar-refractivity contribution in [3.05, 3.63) is 29.8 Å². The topological polar surface area (TPSA) is 30.5 Å². The summed E-state index contributed by atoms with van der Waals surface area (Å²) in [5.74, 6) is 0.973. The van der Waals surface area contributed by atoms with Gasteiger partial charge in [-0.2, -0.15) is 0 Å². The van der Waals surface area contributed by atoms with Crippen LogP contribution in [-0.4, -0.2) is 26.4 Å². The Hall–Kier alpha value is -1.06. The summed E-state index contributed by atoms with van der Waals surface area (Å²) in [6, 6.07) is 8.51. The summed E-state index contributed by atoms with van der Waals surface area (Å²) in [5.41, 5.74) is 1.64. The number of hydrogen-bond donors (Lipinski definition) is 1. The average molecular weight is 261 g/mol. The predicted molar refractivity (Wildman–Crippen MR) is 75.5 cm³/mol. The van der Waals surface area contributed by atoms with Crippen LogP contribution in [-0.2, 0) is 10.3 Å². The van der Waals surface area contributed by atoms with Gasteiger partial charge in [0.05, 0.1) is 19.8 Å². The molecule has 0 bridgehead atoms. The highest BCUT2D eigenvalue weighted by Crippen LogP contribution is 2.33. The van der Waals surface area contributed by atoms with E-state index in [2.05, 4.69) is 37.4 Å². The van der Waals surface area contributed by atoms with Crippen molar-refractivity contribution in [2.45, 2.75) is 32.2 Å². The van der Waals surface area contributed by atoms with Crippen LogP contribution in [0.25, 0.3) is 0 Å². The zero-order chi connectivity index (χ0) is 13.3. The summed E-state index contributed by atoms with van der Waals surface area (Å²) in [7, 11) is 0. The maximum Gasteiger partial charge on any atom is 0.119 e. The fourth-order valence-electron chi connectivity index (χ4n) is 2.86. The van der Waals surface area contributed by atoms with E-state index < -0.39 is 0 Å². The van der Waals surface area contributed by atoms with Gasteiger partial charge in [0.1, 0.15) is 5.75 Å². The number of ether oxygens (including phenoxy) is 2. The third-order valence-corrected chi connectivity index (χ3v) is 4.33. The molecule has 0 aliphatic carbocycles. The highest BCUT2D eigenvalue weighted by molar-refractivity contribution is 5.33. The van der Waals surface area contributed by atoms with Crippen molar-refractivity contribution in [1.29, 1.82) is 0 Å². The largest absolute Gasteiger partial charge is 0.493 e. The minimum Gasteiger partial charge on any atom is -0.493 e. The van der Waals surface area contributed by atoms with Crippen molar-refractivity contribution in [1.82, 2.24) is 5.32 Å². The van der Waals surface area contributed by atoms with Gasteiger partial charge < -0.3 is 14.8 Å². The Bertz CT molecular complexity index is 448. The van der Waals surface area contributed by atoms with Crippen molar-refractivity contribution in [3.63, 3.8) is 0 Å². The van der Waals surface area contributed by atoms with Crippen LogP contribution in [0.15, 0.2) is 24.3 Å². The summed E-state index contributed by atoms with van der Waals surface area (Å²) in [6.45, 7) is 7.95. The molecule has 1 aromatic rings. The van der Waals surface area contributed by atoms with Gasteiger partial charge in [0, 0.05) is 11.0 Å². The van der Waals surface area contributed by atoms with Crippen LogP contribution >= 0.6 is 0 Å². The molecule has 2 saturated heterocycles. The molecule has 2 aliphatic rings. The van der Waals surface area contributed by atoms with Gasteiger partial charge in [0.2, 0.25) is 0 Å². The molecule has 0 saturated carbocycles. The van der Waals surface area contributed by atoms with Gasteiger partial charge in [-0.25, -0.2) is 0 Å². The smallest absolute Gasteiger partial charge is 0.119 e. The third kappa shape index (κ3) is 2.63. The van der Waals surface area contributed by atoms with Crippen LogP contribution in [0.3, 0.4) is 0 Å². The van der Waals surface area contributed by atoms with Crippen molar-refractivity contribution < 1.29 is 9.47 Å². The zero-order valence-corrected chi connectivity index (χ0v) is 11.9. The number of benzene rings is 1. The van der Waals surface area contributed by atoms with Crippen molar-refractivity contribution >= 4 is 0 Å². The maximum atomic E-state index is 5.95. The summed E-state index contributed by atoms with van der Waals surface area (Å²) in [6.07, 6.45) is 2.44. The monoisotopic (exact) mass is 261 g/mol. The van der Waals surface area contributed by atoms with Crippen LogP contribution in [0, 0.1) is 5.41 Å². The van der Waals surface area contributed by atoms with E-state index in [1.54, 1.807) is 0 Å². The van der Waals surface area contributed by atoms with Gasteiger partial charge in [-0.15, -0.1) is 0 Å². The summed E-state index contributed by atoms with van der Waals surface area (Å²) in [4.78, 5) is 0. The second-order valence-corrected chi connectivity index (χ2v) is 6.48. The Labute approximate surface area is 115 Å². The lowest BCUT2D eigenvalue weighted by Gasteiger charge is -2.37. The summed E-state index contributed by atoms with van der Waals surface area (Å²) < 4.78 is 11.2. The quantitative estimate of drug-likeness (QED) is 0.904. The SMILES string of the molecule is CC1(COc2cccc(C3(C)CCCN3)c2)COC1. The van der Waals surface area contributed by atoms with Gasteiger partial charge >= 0.3 is 0 Å². The van der Waals surface area contributed by atoms with E-state index in [-0.39, 0.29) is 11.0 Å². The Morgan fingerprint density at radius 3 is 2.79 bits per heavy atom. The molecule has 0 aromatic heterocycles. The van der Waals surface area contributed by atoms with E-state index >= 15 is 0 Å². The molecule has 19 heavy (non-hydrogen) atoms. The first-order chi connectivity index (χ1) is 9.10. The lowest BCUT2D eigenvalue weighted by Crippen LogP contribution is -2.44. The van der Waals surface area contributed by atoms with Crippen LogP contribution in [0.4, 0.5) is 0 Å². The van der Waals surface area contributed by atoms with Crippen LogP contribution in [0.2, 0.25) is 0 Å². The van der Waals surface area contributed by atoms with E-state index in [0.717, 1.165) is 32.1 Å². The van der Waals surface area contributed by atoms with Crippen LogP contribution < -0.4 is 10.1 Å². The Kier molecular flexibility index (Phi) is 3.27. The average Bonchev–Trinajstić information content (AvgIpc) is 2.83. The van der Waals surface area contributed by atoms with Gasteiger partial charge in [-0.3, -0.25) is 0 Å². The molecular formula is C16H23NO2. The molecule has 3 rings (SSSR count). The number of rotatable bonds is 4. The summed E-state index contributed by atoms with van der Waals surface area (Å²) in [5, 5.41) is 3.60. The molecule has 0 radical (unpaired) electrons. The van der Waals surface area contributed by atoms with Crippen LogP contribution in [0.1, 0.15) is 32.3 Å². The molecule has 1 aromatic carbocycles. The standard InChI is InChI=1S/C16H23NO2/c1-15(10-18-11-15)12-19-14-6-3-5-13(9-14)16(2)7-4-8-17-16/h3,5-6,9,17H,4,7-8,10-12H2,1-2H3. The molecule has 1 N–H and O–H groups in total. The van der Waals surface area contributed by atoms with Gasteiger partial charge in [0.25, 0.3) is 0 Å². The van der Waals surface area contributed by atoms with E-state index in [0.29, 0.717) is 0 Å². The lowest BCUT2D eigenvalue weighted by molar-refractivity contribution is -0.120. The normalized spacial score (nSPS) is 28.9. The minimum absolute atomic E-state index is 0.114. The lowest BCUT2D eigenvalue weighted by atomic mass is 9.89. The Morgan fingerprint density at radius 2 is 2.16 bits per heavy atom. The van der Waals surface area contributed by atoms with E-state index in [4.69, 9.17) is 9.47 Å². The molecule has 1 atom stereocenters. The second kappa shape index (κ2) is 4.80. The first kappa shape index (κ1) is 12.9. The Balaban J connectivity index is 1.69. The third-order valence-electron chi connectivity index (χ3n) is 4.33. The minimum atomic E-state index is 0.114.